The molecule has 0 aromatic carbocycles. The van der Waals surface area contributed by atoms with Crippen molar-refractivity contribution in [2.24, 2.45) is 0 Å². The maximum Gasteiger partial charge on any atom is 0.241 e. The third kappa shape index (κ3) is 4.58. The molecule has 0 saturated carbocycles. The smallest absolute Gasteiger partial charge is 0.241 e. The third-order valence-electron chi connectivity index (χ3n) is 0.890. The van der Waals surface area contributed by atoms with E-state index >= 15 is 0 Å². The van der Waals surface area contributed by atoms with Crippen molar-refractivity contribution in [2.75, 3.05) is 20.6 Å². The topological polar surface area (TPSA) is 32.3 Å². The summed E-state index contributed by atoms with van der Waals surface area (Å²) in [4.78, 5) is 12.3. The largest absolute Gasteiger partial charge is 0.362 e. The molecule has 1 amide bonds. The average Bonchev–Trinajstić information content (AvgIpc) is 1.82. The van der Waals surface area contributed by atoms with Gasteiger partial charge in [0, 0.05) is 14.1 Å². The molecular formula is C5H10N2OS2. The van der Waals surface area contributed by atoms with Crippen LogP contribution in [-0.4, -0.2) is 35.8 Å². The zero-order chi connectivity index (χ0) is 8.15. The highest BCUT2D eigenvalue weighted by molar-refractivity contribution is 8.11. The van der Waals surface area contributed by atoms with Crippen LogP contribution >= 0.6 is 24.8 Å². The van der Waals surface area contributed by atoms with Crippen molar-refractivity contribution in [3.63, 3.8) is 0 Å². The number of carbonyl (C=O) groups is 1. The number of carbonyl (C=O) groups excluding carboxylic acids is 1. The molecule has 5 heteroatoms. The fraction of sp³-hybridized carbons (Fsp3) is 0.600. The lowest BCUT2D eigenvalue weighted by Crippen LogP contribution is -2.33. The summed E-state index contributed by atoms with van der Waals surface area (Å²) in [6.45, 7) is 0.218. The maximum atomic E-state index is 10.8. The number of thiol groups is 1. The number of thiocarbonyl (C=S) groups is 1. The van der Waals surface area contributed by atoms with Crippen LogP contribution in [0.15, 0.2) is 0 Å². The number of amides is 1. The molecular weight excluding hydrogens is 168 g/mol. The van der Waals surface area contributed by atoms with Crippen molar-refractivity contribution in [3.05, 3.63) is 0 Å². The zero-order valence-corrected chi connectivity index (χ0v) is 7.63. The van der Waals surface area contributed by atoms with Crippen LogP contribution in [0.4, 0.5) is 0 Å². The molecule has 0 radical (unpaired) electrons. The number of hydrogen-bond donors (Lipinski definition) is 2. The Morgan fingerprint density at radius 1 is 1.70 bits per heavy atom. The van der Waals surface area contributed by atoms with Crippen molar-refractivity contribution in [1.29, 1.82) is 0 Å². The van der Waals surface area contributed by atoms with Gasteiger partial charge in [0.05, 0.1) is 6.54 Å². The van der Waals surface area contributed by atoms with Gasteiger partial charge in [0.25, 0.3) is 0 Å². The molecule has 0 aromatic heterocycles. The van der Waals surface area contributed by atoms with Gasteiger partial charge in [-0.25, -0.2) is 0 Å². The molecule has 1 N–H and O–H groups in total. The van der Waals surface area contributed by atoms with E-state index in [1.54, 1.807) is 14.1 Å². The highest BCUT2D eigenvalue weighted by atomic mass is 32.1. The van der Waals surface area contributed by atoms with Gasteiger partial charge in [-0.15, -0.1) is 12.6 Å². The summed E-state index contributed by atoms with van der Waals surface area (Å²) >= 11 is 8.37. The molecule has 0 spiro atoms. The maximum absolute atomic E-state index is 10.8. The number of hydrogen-bond acceptors (Lipinski definition) is 2. The standard InChI is InChI=1S/C5H10N2OS2/c1-7(2)4(8)3-6-5(9)10/h3H2,1-2H3,(H2,6,9,10). The summed E-state index contributed by atoms with van der Waals surface area (Å²) in [7, 11) is 3.37. The summed E-state index contributed by atoms with van der Waals surface area (Å²) < 4.78 is 0.343. The molecule has 0 aromatic rings. The molecule has 0 heterocycles. The second kappa shape index (κ2) is 4.51. The Hall–Kier alpha value is -0.290. The van der Waals surface area contributed by atoms with Crippen LogP contribution < -0.4 is 5.32 Å². The van der Waals surface area contributed by atoms with E-state index in [4.69, 9.17) is 0 Å². The lowest BCUT2D eigenvalue weighted by atomic mass is 10.5. The predicted octanol–water partition coefficient (Wildman–Crippen LogP) is -0.121. The van der Waals surface area contributed by atoms with Gasteiger partial charge in [0.15, 0.2) is 0 Å². The van der Waals surface area contributed by atoms with Crippen molar-refractivity contribution < 1.29 is 4.79 Å². The molecule has 0 saturated heterocycles. The van der Waals surface area contributed by atoms with Crippen LogP contribution in [0, 0.1) is 0 Å². The Kier molecular flexibility index (Phi) is 4.38. The van der Waals surface area contributed by atoms with E-state index in [1.165, 1.54) is 4.90 Å². The van der Waals surface area contributed by atoms with Crippen molar-refractivity contribution in [1.82, 2.24) is 10.2 Å². The Balaban J connectivity index is 3.50. The molecule has 0 atom stereocenters. The fourth-order valence-electron chi connectivity index (χ4n) is 0.309. The van der Waals surface area contributed by atoms with E-state index < -0.39 is 0 Å². The quantitative estimate of drug-likeness (QED) is 0.457. The molecule has 0 aliphatic rings. The Morgan fingerprint density at radius 2 is 2.20 bits per heavy atom. The average molecular weight is 178 g/mol. The third-order valence-corrected chi connectivity index (χ3v) is 1.19. The number of likely N-dealkylation sites (N-methyl/N-ethyl adjacent to an activating group) is 1. The van der Waals surface area contributed by atoms with Crippen molar-refractivity contribution >= 4 is 35.1 Å². The van der Waals surface area contributed by atoms with Crippen LogP contribution in [0.5, 0.6) is 0 Å². The van der Waals surface area contributed by atoms with E-state index in [0.29, 0.717) is 4.32 Å². The van der Waals surface area contributed by atoms with Crippen LogP contribution in [0.3, 0.4) is 0 Å². The van der Waals surface area contributed by atoms with Gasteiger partial charge in [-0.05, 0) is 0 Å². The van der Waals surface area contributed by atoms with Crippen LogP contribution in [-0.2, 0) is 4.79 Å². The first kappa shape index (κ1) is 9.71. The molecule has 0 unspecified atom stereocenters. The highest BCUT2D eigenvalue weighted by Gasteiger charge is 2.01. The van der Waals surface area contributed by atoms with Gasteiger partial charge in [-0.2, -0.15) is 0 Å². The summed E-state index contributed by atoms with van der Waals surface area (Å²) in [6.07, 6.45) is 0. The fourth-order valence-corrected chi connectivity index (χ4v) is 0.461. The lowest BCUT2D eigenvalue weighted by molar-refractivity contribution is -0.127. The summed E-state index contributed by atoms with van der Waals surface area (Å²) in [5, 5.41) is 2.63. The van der Waals surface area contributed by atoms with Crippen LogP contribution in [0.1, 0.15) is 0 Å². The van der Waals surface area contributed by atoms with Gasteiger partial charge in [0.2, 0.25) is 5.91 Å². The molecule has 10 heavy (non-hydrogen) atoms. The minimum atomic E-state index is -0.0172. The molecule has 0 aliphatic heterocycles. The number of nitrogens with one attached hydrogen (secondary N) is 1. The molecule has 3 nitrogen and oxygen atoms in total. The first-order valence-electron chi connectivity index (χ1n) is 2.71. The number of rotatable bonds is 2. The molecule has 0 fully saturated rings. The second-order valence-corrected chi connectivity index (χ2v) is 3.10. The minimum Gasteiger partial charge on any atom is -0.362 e. The number of nitrogens with zero attached hydrogens (tertiary/aromatic N) is 1. The first-order valence-corrected chi connectivity index (χ1v) is 3.56. The molecule has 0 rings (SSSR count). The van der Waals surface area contributed by atoms with Crippen molar-refractivity contribution in [3.8, 4) is 0 Å². The Bertz CT molecular complexity index is 147. The summed E-state index contributed by atoms with van der Waals surface area (Å²) in [5.74, 6) is -0.0172. The minimum absolute atomic E-state index is 0.0172. The Labute approximate surface area is 71.2 Å². The van der Waals surface area contributed by atoms with E-state index in [-0.39, 0.29) is 12.5 Å². The second-order valence-electron chi connectivity index (χ2n) is 1.95. The van der Waals surface area contributed by atoms with Crippen molar-refractivity contribution in [2.45, 2.75) is 0 Å². The normalized spacial score (nSPS) is 8.70. The van der Waals surface area contributed by atoms with E-state index in [9.17, 15) is 4.79 Å². The SMILES string of the molecule is CN(C)C(=O)CNC(=S)S. The first-order chi connectivity index (χ1) is 4.54. The summed E-state index contributed by atoms with van der Waals surface area (Å²) in [6, 6.07) is 0. The van der Waals surface area contributed by atoms with Gasteiger partial charge in [-0.1, -0.05) is 12.2 Å². The van der Waals surface area contributed by atoms with E-state index in [2.05, 4.69) is 30.2 Å². The monoisotopic (exact) mass is 178 g/mol. The van der Waals surface area contributed by atoms with Gasteiger partial charge in [0.1, 0.15) is 4.32 Å². The highest BCUT2D eigenvalue weighted by Crippen LogP contribution is 1.79. The lowest BCUT2D eigenvalue weighted by Gasteiger charge is -2.09. The molecule has 58 valence electrons. The molecule has 0 aliphatic carbocycles. The van der Waals surface area contributed by atoms with Crippen LogP contribution in [0.2, 0.25) is 0 Å². The van der Waals surface area contributed by atoms with Crippen LogP contribution in [0.25, 0.3) is 0 Å². The van der Waals surface area contributed by atoms with Gasteiger partial charge >= 0.3 is 0 Å². The van der Waals surface area contributed by atoms with Gasteiger partial charge < -0.3 is 10.2 Å². The Morgan fingerprint density at radius 3 is 2.50 bits per heavy atom. The predicted molar refractivity (Wildman–Crippen MR) is 48.3 cm³/mol. The zero-order valence-electron chi connectivity index (χ0n) is 5.92. The van der Waals surface area contributed by atoms with E-state index in [0.717, 1.165) is 0 Å². The summed E-state index contributed by atoms with van der Waals surface area (Å²) in [5.41, 5.74) is 0. The molecule has 0 bridgehead atoms. The van der Waals surface area contributed by atoms with E-state index in [1.807, 2.05) is 0 Å². The van der Waals surface area contributed by atoms with Gasteiger partial charge in [-0.3, -0.25) is 4.79 Å².